The van der Waals surface area contributed by atoms with Crippen LogP contribution >= 0.6 is 35.8 Å². The van der Waals surface area contributed by atoms with Gasteiger partial charge in [-0.2, -0.15) is 0 Å². The van der Waals surface area contributed by atoms with Gasteiger partial charge in [0.1, 0.15) is 13.2 Å². The van der Waals surface area contributed by atoms with E-state index in [9.17, 15) is 14.4 Å². The summed E-state index contributed by atoms with van der Waals surface area (Å²) in [5, 5.41) is 3.75. The molecule has 1 fully saturated rings. The monoisotopic (exact) mass is 474 g/mol. The van der Waals surface area contributed by atoms with Crippen LogP contribution < -0.4 is 4.90 Å². The minimum absolute atomic E-state index is 0.00284. The molecule has 0 aromatic heterocycles. The first-order valence-electron chi connectivity index (χ1n) is 8.54. The van der Waals surface area contributed by atoms with Gasteiger partial charge in [-0.15, -0.1) is 12.6 Å². The van der Waals surface area contributed by atoms with Crippen LogP contribution in [0.4, 0.5) is 15.3 Å². The Morgan fingerprint density at radius 1 is 1.23 bits per heavy atom. The van der Waals surface area contributed by atoms with Gasteiger partial charge in [-0.25, -0.2) is 19.3 Å². The van der Waals surface area contributed by atoms with Gasteiger partial charge in [0.2, 0.25) is 0 Å². The first-order chi connectivity index (χ1) is 14.1. The summed E-state index contributed by atoms with van der Waals surface area (Å²) in [6.45, 7) is 5.16. The number of halogens is 2. The van der Waals surface area contributed by atoms with E-state index in [4.69, 9.17) is 32.8 Å². The number of hydrogen-bond acceptors (Lipinski definition) is 7. The van der Waals surface area contributed by atoms with E-state index in [1.54, 1.807) is 6.92 Å². The predicted molar refractivity (Wildman–Crippen MR) is 118 cm³/mol. The van der Waals surface area contributed by atoms with Gasteiger partial charge < -0.3 is 9.57 Å². The Morgan fingerprint density at radius 3 is 2.40 bits per heavy atom. The van der Waals surface area contributed by atoms with Crippen molar-refractivity contribution < 1.29 is 24.0 Å². The topological polar surface area (TPSA) is 91.8 Å². The number of amides is 4. The molecule has 0 atom stereocenters. The molecule has 0 spiro atoms. The molecule has 2 rings (SSSR count). The normalized spacial score (nSPS) is 15.5. The molecule has 12 heteroatoms. The molecule has 162 valence electrons. The van der Waals surface area contributed by atoms with Gasteiger partial charge in [0.25, 0.3) is 0 Å². The zero-order chi connectivity index (χ0) is 22.6. The number of ether oxygens (including phenoxy) is 1. The van der Waals surface area contributed by atoms with Crippen LogP contribution in [0.15, 0.2) is 29.9 Å². The maximum Gasteiger partial charge on any atom is 0.340 e. The van der Waals surface area contributed by atoms with Gasteiger partial charge in [0, 0.05) is 14.1 Å². The lowest BCUT2D eigenvalue weighted by molar-refractivity contribution is 0.0558. The van der Waals surface area contributed by atoms with Crippen molar-refractivity contribution in [3.8, 4) is 0 Å². The number of nitrogens with zero attached hydrogens (tertiary/aromatic N) is 4. The van der Waals surface area contributed by atoms with Gasteiger partial charge in [-0.1, -0.05) is 41.0 Å². The van der Waals surface area contributed by atoms with Crippen molar-refractivity contribution in [1.29, 1.82) is 0 Å². The third-order valence-electron chi connectivity index (χ3n) is 4.00. The molecule has 0 radical (unpaired) electrons. The molecule has 1 aliphatic heterocycles. The lowest BCUT2D eigenvalue weighted by Gasteiger charge is -2.42. The number of benzene rings is 1. The molecule has 30 heavy (non-hydrogen) atoms. The van der Waals surface area contributed by atoms with Crippen molar-refractivity contribution in [3.05, 3.63) is 40.4 Å². The van der Waals surface area contributed by atoms with E-state index in [0.717, 1.165) is 4.90 Å². The fourth-order valence-corrected chi connectivity index (χ4v) is 3.14. The van der Waals surface area contributed by atoms with E-state index >= 15 is 0 Å². The minimum atomic E-state index is -0.790. The van der Waals surface area contributed by atoms with Gasteiger partial charge >= 0.3 is 18.0 Å². The fraction of sp³-hybridized carbons (Fsp3) is 0.333. The lowest BCUT2D eigenvalue weighted by atomic mass is 10.2. The zero-order valence-corrected chi connectivity index (χ0v) is 18.9. The van der Waals surface area contributed by atoms with Crippen molar-refractivity contribution in [2.75, 3.05) is 32.2 Å². The number of urea groups is 2. The highest BCUT2D eigenvalue weighted by Crippen LogP contribution is 2.35. The minimum Gasteiger partial charge on any atom is -0.456 e. The third kappa shape index (κ3) is 5.00. The molecule has 9 nitrogen and oxygen atoms in total. The Bertz CT molecular complexity index is 889. The van der Waals surface area contributed by atoms with E-state index in [0.29, 0.717) is 5.71 Å². The largest absolute Gasteiger partial charge is 0.456 e. The summed E-state index contributed by atoms with van der Waals surface area (Å²) in [5.41, 5.74) is -0.432. The smallest absolute Gasteiger partial charge is 0.340 e. The van der Waals surface area contributed by atoms with Crippen LogP contribution in [0.3, 0.4) is 0 Å². The van der Waals surface area contributed by atoms with E-state index in [2.05, 4.69) is 24.4 Å². The van der Waals surface area contributed by atoms with Gasteiger partial charge in [0.05, 0.1) is 27.0 Å². The Morgan fingerprint density at radius 2 is 1.83 bits per heavy atom. The van der Waals surface area contributed by atoms with E-state index in [-0.39, 0.29) is 34.5 Å². The Kier molecular flexibility index (Phi) is 7.99. The highest BCUT2D eigenvalue weighted by atomic mass is 35.5. The molecule has 1 aromatic carbocycles. The second kappa shape index (κ2) is 10.1. The lowest BCUT2D eigenvalue weighted by Crippen LogP contribution is -2.62. The number of esters is 1. The van der Waals surface area contributed by atoms with Crippen molar-refractivity contribution in [2.45, 2.75) is 12.4 Å². The average Bonchev–Trinajstić information content (AvgIpc) is 2.70. The SMILES string of the molecule is C=CCON=C(C)COC(=O)c1cc(N2C(=O)N(C)C(S)N(C)C2=O)c(Cl)cc1Cl. The molecule has 4 amide bonds. The van der Waals surface area contributed by atoms with Gasteiger partial charge in [0.15, 0.2) is 5.50 Å². The van der Waals surface area contributed by atoms with Crippen LogP contribution in [0.1, 0.15) is 17.3 Å². The summed E-state index contributed by atoms with van der Waals surface area (Å²) in [6.07, 6.45) is 1.52. The number of carbonyl (C=O) groups excluding carboxylic acids is 3. The maximum absolute atomic E-state index is 12.7. The number of oxime groups is 1. The molecular weight excluding hydrogens is 455 g/mol. The Labute approximate surface area is 189 Å². The molecule has 0 aliphatic carbocycles. The maximum atomic E-state index is 12.7. The summed E-state index contributed by atoms with van der Waals surface area (Å²) in [5.74, 6) is -0.790. The van der Waals surface area contributed by atoms with Crippen molar-refractivity contribution in [1.82, 2.24) is 9.80 Å². The van der Waals surface area contributed by atoms with E-state index < -0.39 is 23.5 Å². The first kappa shape index (κ1) is 23.8. The summed E-state index contributed by atoms with van der Waals surface area (Å²) >= 11 is 16.6. The van der Waals surface area contributed by atoms with Crippen LogP contribution in [0, 0.1) is 0 Å². The highest BCUT2D eigenvalue weighted by Gasteiger charge is 2.41. The van der Waals surface area contributed by atoms with E-state index in [1.807, 2.05) is 0 Å². The molecular formula is C18H20Cl2N4O5S. The summed E-state index contributed by atoms with van der Waals surface area (Å²) in [7, 11) is 2.96. The van der Waals surface area contributed by atoms with Crippen molar-refractivity contribution >= 4 is 65.3 Å². The standard InChI is InChI=1S/C18H20Cl2N4O5S/c1-5-6-29-21-10(2)9-28-15(25)11-7-14(13(20)8-12(11)19)24-16(26)22(3)18(30)23(4)17(24)27/h5,7-8,18,30H,1,6,9H2,2-4H3. The number of carbonyl (C=O) groups is 3. The second-order valence-electron chi connectivity index (χ2n) is 6.24. The average molecular weight is 475 g/mol. The molecule has 1 aliphatic rings. The number of thiol groups is 1. The predicted octanol–water partition coefficient (Wildman–Crippen LogP) is 3.87. The Balaban J connectivity index is 2.30. The van der Waals surface area contributed by atoms with Crippen molar-refractivity contribution in [3.63, 3.8) is 0 Å². The van der Waals surface area contributed by atoms with Crippen LogP contribution in [0.2, 0.25) is 10.0 Å². The zero-order valence-electron chi connectivity index (χ0n) is 16.5. The number of anilines is 1. The highest BCUT2D eigenvalue weighted by molar-refractivity contribution is 7.80. The molecule has 0 unspecified atom stereocenters. The van der Waals surface area contributed by atoms with Crippen LogP contribution in [0.25, 0.3) is 0 Å². The van der Waals surface area contributed by atoms with Crippen LogP contribution in [-0.4, -0.2) is 66.3 Å². The number of imide groups is 1. The molecule has 1 saturated heterocycles. The van der Waals surface area contributed by atoms with Crippen LogP contribution in [-0.2, 0) is 9.57 Å². The summed E-state index contributed by atoms with van der Waals surface area (Å²) in [4.78, 5) is 46.0. The molecule has 0 saturated carbocycles. The number of rotatable bonds is 7. The molecule has 0 N–H and O–H groups in total. The molecule has 1 aromatic rings. The fourth-order valence-electron chi connectivity index (χ4n) is 2.40. The summed E-state index contributed by atoms with van der Waals surface area (Å²) in [6, 6.07) is 1.16. The summed E-state index contributed by atoms with van der Waals surface area (Å²) < 4.78 is 5.17. The second-order valence-corrected chi connectivity index (χ2v) is 7.52. The molecule has 1 heterocycles. The first-order valence-corrected chi connectivity index (χ1v) is 9.81. The van der Waals surface area contributed by atoms with Crippen LogP contribution in [0.5, 0.6) is 0 Å². The van der Waals surface area contributed by atoms with E-state index in [1.165, 1.54) is 42.1 Å². The number of hydrogen-bond donors (Lipinski definition) is 1. The quantitative estimate of drug-likeness (QED) is 0.162. The third-order valence-corrected chi connectivity index (χ3v) is 5.31. The van der Waals surface area contributed by atoms with Crippen molar-refractivity contribution in [2.24, 2.45) is 5.16 Å². The van der Waals surface area contributed by atoms with Gasteiger partial charge in [-0.05, 0) is 19.1 Å². The molecule has 0 bridgehead atoms. The Hall–Kier alpha value is -2.43. The van der Waals surface area contributed by atoms with Gasteiger partial charge in [-0.3, -0.25) is 9.80 Å².